The Bertz CT molecular complexity index is 570. The Morgan fingerprint density at radius 1 is 1.24 bits per heavy atom. The summed E-state index contributed by atoms with van der Waals surface area (Å²) in [4.78, 5) is 0. The van der Waals surface area contributed by atoms with E-state index in [4.69, 9.17) is 9.47 Å². The third-order valence-electron chi connectivity index (χ3n) is 3.21. The first-order valence-electron chi connectivity index (χ1n) is 6.79. The molecule has 0 aromatic heterocycles. The van der Waals surface area contributed by atoms with Crippen LogP contribution in [0.3, 0.4) is 0 Å². The van der Waals surface area contributed by atoms with Gasteiger partial charge in [0.1, 0.15) is 6.61 Å². The van der Waals surface area contributed by atoms with Crippen molar-refractivity contribution < 1.29 is 23.0 Å². The molecule has 1 rings (SSSR count). The molecule has 0 unspecified atom stereocenters. The number of rotatable bonds is 6. The molecule has 6 heteroatoms. The summed E-state index contributed by atoms with van der Waals surface area (Å²) in [6, 6.07) is 5.07. The van der Waals surface area contributed by atoms with Crippen LogP contribution in [-0.2, 0) is 9.84 Å². The quantitative estimate of drug-likeness (QED) is 0.872. The number of aliphatic hydroxyl groups is 1. The topological polar surface area (TPSA) is 72.8 Å². The molecule has 120 valence electrons. The molecule has 21 heavy (non-hydrogen) atoms. The van der Waals surface area contributed by atoms with Gasteiger partial charge in [-0.3, -0.25) is 0 Å². The molecule has 0 fully saturated rings. The standard InChI is InChI=1S/C15H24O5S/c1-11(16)12-6-7-13(14(10-12)19-5)20-8-9-21(17,18)15(2,3)4/h6-7,10-11,16H,8-9H2,1-5H3/t11-/m1/s1. The fraction of sp³-hybridized carbons (Fsp3) is 0.600. The molecule has 0 bridgehead atoms. The molecule has 0 radical (unpaired) electrons. The van der Waals surface area contributed by atoms with E-state index in [1.54, 1.807) is 45.9 Å². The van der Waals surface area contributed by atoms with Gasteiger partial charge in [0.25, 0.3) is 0 Å². The van der Waals surface area contributed by atoms with Crippen LogP contribution < -0.4 is 9.47 Å². The zero-order valence-electron chi connectivity index (χ0n) is 13.2. The fourth-order valence-electron chi connectivity index (χ4n) is 1.63. The molecule has 0 aliphatic rings. The minimum atomic E-state index is -3.21. The molecule has 0 aliphatic carbocycles. The Morgan fingerprint density at radius 3 is 2.33 bits per heavy atom. The zero-order chi connectivity index (χ0) is 16.3. The Hall–Kier alpha value is -1.27. The van der Waals surface area contributed by atoms with Gasteiger partial charge in [-0.2, -0.15) is 0 Å². The summed E-state index contributed by atoms with van der Waals surface area (Å²) in [5, 5.41) is 9.53. The van der Waals surface area contributed by atoms with Gasteiger partial charge in [0, 0.05) is 0 Å². The molecule has 0 heterocycles. The first kappa shape index (κ1) is 17.8. The van der Waals surface area contributed by atoms with Crippen LogP contribution in [0.25, 0.3) is 0 Å². The lowest BCUT2D eigenvalue weighted by molar-refractivity contribution is 0.198. The van der Waals surface area contributed by atoms with Crippen molar-refractivity contribution in [1.29, 1.82) is 0 Å². The summed E-state index contributed by atoms with van der Waals surface area (Å²) in [6.07, 6.45) is -0.603. The van der Waals surface area contributed by atoms with Crippen molar-refractivity contribution in [2.45, 2.75) is 38.5 Å². The van der Waals surface area contributed by atoms with Crippen LogP contribution in [-0.4, -0.2) is 37.7 Å². The van der Waals surface area contributed by atoms with Crippen molar-refractivity contribution in [3.8, 4) is 11.5 Å². The highest BCUT2D eigenvalue weighted by atomic mass is 32.2. The number of hydrogen-bond acceptors (Lipinski definition) is 5. The van der Waals surface area contributed by atoms with Gasteiger partial charge in [-0.15, -0.1) is 0 Å². The van der Waals surface area contributed by atoms with Crippen LogP contribution in [0.15, 0.2) is 18.2 Å². The van der Waals surface area contributed by atoms with Crippen LogP contribution in [0, 0.1) is 0 Å². The molecule has 1 N–H and O–H groups in total. The van der Waals surface area contributed by atoms with Crippen molar-refractivity contribution in [3.63, 3.8) is 0 Å². The number of aliphatic hydroxyl groups excluding tert-OH is 1. The molecule has 1 atom stereocenters. The predicted octanol–water partition coefficient (Wildman–Crippen LogP) is 2.34. The van der Waals surface area contributed by atoms with Gasteiger partial charge in [-0.05, 0) is 45.4 Å². The van der Waals surface area contributed by atoms with E-state index in [0.29, 0.717) is 17.1 Å². The number of hydrogen-bond donors (Lipinski definition) is 1. The molecule has 0 saturated heterocycles. The van der Waals surface area contributed by atoms with Gasteiger partial charge in [0.05, 0.1) is 23.7 Å². The summed E-state index contributed by atoms with van der Waals surface area (Å²) in [5.41, 5.74) is 0.710. The molecule has 0 saturated carbocycles. The fourth-order valence-corrected chi connectivity index (χ4v) is 2.55. The van der Waals surface area contributed by atoms with Gasteiger partial charge in [-0.1, -0.05) is 6.07 Å². The van der Waals surface area contributed by atoms with Crippen LogP contribution >= 0.6 is 0 Å². The summed E-state index contributed by atoms with van der Waals surface area (Å²) < 4.78 is 33.9. The maximum Gasteiger partial charge on any atom is 0.161 e. The average molecular weight is 316 g/mol. The number of ether oxygens (including phenoxy) is 2. The van der Waals surface area contributed by atoms with E-state index in [9.17, 15) is 13.5 Å². The molecular formula is C15H24O5S. The molecule has 0 aliphatic heterocycles. The Labute approximate surface area is 126 Å². The van der Waals surface area contributed by atoms with Gasteiger partial charge < -0.3 is 14.6 Å². The van der Waals surface area contributed by atoms with Crippen LogP contribution in [0.1, 0.15) is 39.4 Å². The highest BCUT2D eigenvalue weighted by Crippen LogP contribution is 2.30. The van der Waals surface area contributed by atoms with Gasteiger partial charge >= 0.3 is 0 Å². The Morgan fingerprint density at radius 2 is 1.86 bits per heavy atom. The number of benzene rings is 1. The van der Waals surface area contributed by atoms with E-state index in [2.05, 4.69) is 0 Å². The molecule has 0 amide bonds. The maximum absolute atomic E-state index is 12.0. The van der Waals surface area contributed by atoms with Crippen LogP contribution in [0.2, 0.25) is 0 Å². The van der Waals surface area contributed by atoms with E-state index in [-0.39, 0.29) is 12.4 Å². The van der Waals surface area contributed by atoms with Gasteiger partial charge in [-0.25, -0.2) is 8.42 Å². The van der Waals surface area contributed by atoms with Crippen molar-refractivity contribution in [2.24, 2.45) is 0 Å². The minimum Gasteiger partial charge on any atom is -0.493 e. The predicted molar refractivity (Wildman–Crippen MR) is 82.7 cm³/mol. The van der Waals surface area contributed by atoms with Crippen molar-refractivity contribution in [3.05, 3.63) is 23.8 Å². The maximum atomic E-state index is 12.0. The summed E-state index contributed by atoms with van der Waals surface area (Å²) >= 11 is 0. The third kappa shape index (κ3) is 4.61. The second-order valence-corrected chi connectivity index (χ2v) is 8.73. The SMILES string of the molecule is COc1cc([C@@H](C)O)ccc1OCCS(=O)(=O)C(C)(C)C. The molecular weight excluding hydrogens is 292 g/mol. The van der Waals surface area contributed by atoms with Crippen LogP contribution in [0.4, 0.5) is 0 Å². The average Bonchev–Trinajstić information content (AvgIpc) is 2.37. The monoisotopic (exact) mass is 316 g/mol. The lowest BCUT2D eigenvalue weighted by Gasteiger charge is -2.19. The second-order valence-electron chi connectivity index (χ2n) is 5.87. The first-order chi connectivity index (χ1) is 9.58. The zero-order valence-corrected chi connectivity index (χ0v) is 14.0. The van der Waals surface area contributed by atoms with Gasteiger partial charge in [0.2, 0.25) is 0 Å². The van der Waals surface area contributed by atoms with E-state index >= 15 is 0 Å². The van der Waals surface area contributed by atoms with Crippen LogP contribution in [0.5, 0.6) is 11.5 Å². The smallest absolute Gasteiger partial charge is 0.161 e. The summed E-state index contributed by atoms with van der Waals surface area (Å²) in [6.45, 7) is 6.72. The lowest BCUT2D eigenvalue weighted by atomic mass is 10.1. The van der Waals surface area contributed by atoms with Crippen molar-refractivity contribution >= 4 is 9.84 Å². The first-order valence-corrected chi connectivity index (χ1v) is 8.45. The summed E-state index contributed by atoms with van der Waals surface area (Å²) in [7, 11) is -1.71. The van der Waals surface area contributed by atoms with E-state index in [0.717, 1.165) is 0 Å². The van der Waals surface area contributed by atoms with Crippen molar-refractivity contribution in [2.75, 3.05) is 19.5 Å². The third-order valence-corrected chi connectivity index (χ3v) is 5.78. The molecule has 0 spiro atoms. The van der Waals surface area contributed by atoms with Crippen molar-refractivity contribution in [1.82, 2.24) is 0 Å². The molecule has 1 aromatic carbocycles. The normalized spacial score (nSPS) is 13.8. The Balaban J connectivity index is 2.77. The van der Waals surface area contributed by atoms with Gasteiger partial charge in [0.15, 0.2) is 21.3 Å². The van der Waals surface area contributed by atoms with E-state index in [1.807, 2.05) is 0 Å². The Kier molecular flexibility index (Phi) is 5.64. The highest BCUT2D eigenvalue weighted by Gasteiger charge is 2.28. The lowest BCUT2D eigenvalue weighted by Crippen LogP contribution is -2.32. The largest absolute Gasteiger partial charge is 0.493 e. The second kappa shape index (κ2) is 6.66. The van der Waals surface area contributed by atoms with E-state index in [1.165, 1.54) is 7.11 Å². The van der Waals surface area contributed by atoms with E-state index < -0.39 is 20.7 Å². The number of methoxy groups -OCH3 is 1. The highest BCUT2D eigenvalue weighted by molar-refractivity contribution is 7.92. The minimum absolute atomic E-state index is 0.0577. The molecule has 1 aromatic rings. The number of sulfone groups is 1. The molecule has 5 nitrogen and oxygen atoms in total. The summed E-state index contributed by atoms with van der Waals surface area (Å²) in [5.74, 6) is 0.880.